The molecular weight excluding hydrogens is 856 g/mol. The van der Waals surface area contributed by atoms with Gasteiger partial charge in [-0.1, -0.05) is 226 Å². The van der Waals surface area contributed by atoms with Crippen molar-refractivity contribution in [1.29, 1.82) is 0 Å². The summed E-state index contributed by atoms with van der Waals surface area (Å²) in [5.74, 6) is 0. The second kappa shape index (κ2) is 26.7. The normalized spacial score (nSPS) is 11.9. The van der Waals surface area contributed by atoms with Crippen LogP contribution in [0.3, 0.4) is 0 Å². The summed E-state index contributed by atoms with van der Waals surface area (Å²) in [5, 5.41) is 9.86. The SMILES string of the molecule is CCCCN(P(c1ccccc1)c1ccccc1)P(c1ccccc1)c1ccccc1.[CH]1[CH][CH][CH][CH]1.[Cl][Ru+].c1ccc(P(c2ccccc2)c2ccccc2)cc1. The number of halogens is 1. The largest absolute Gasteiger partial charge is 0.0622 e. The van der Waals surface area contributed by atoms with E-state index >= 15 is 0 Å². The summed E-state index contributed by atoms with van der Waals surface area (Å²) in [7, 11) is 2.82. The summed E-state index contributed by atoms with van der Waals surface area (Å²) >= 11 is 1.82. The van der Waals surface area contributed by atoms with E-state index in [1.165, 1.54) is 50.0 Å². The molecule has 0 amide bonds. The van der Waals surface area contributed by atoms with Crippen molar-refractivity contribution in [3.8, 4) is 0 Å². The van der Waals surface area contributed by atoms with Crippen LogP contribution in [0.5, 0.6) is 0 Å². The minimum atomic E-state index is -0.650. The van der Waals surface area contributed by atoms with Gasteiger partial charge in [0.05, 0.1) is 0 Å². The Morgan fingerprint density at radius 3 is 0.772 bits per heavy atom. The Kier molecular flexibility index (Phi) is 20.9. The minimum absolute atomic E-state index is 0.446. The third-order valence-corrected chi connectivity index (χ3v) is 16.8. The van der Waals surface area contributed by atoms with Crippen LogP contribution in [-0.4, -0.2) is 11.0 Å². The van der Waals surface area contributed by atoms with Crippen LogP contribution < -0.4 is 37.1 Å². The van der Waals surface area contributed by atoms with Crippen molar-refractivity contribution in [2.24, 2.45) is 0 Å². The molecule has 1 aliphatic rings. The van der Waals surface area contributed by atoms with Crippen molar-refractivity contribution in [3.05, 3.63) is 244 Å². The Morgan fingerprint density at radius 1 is 0.351 bits per heavy atom. The zero-order valence-corrected chi connectivity index (χ0v) is 37.4. The van der Waals surface area contributed by atoms with Gasteiger partial charge >= 0.3 is 27.0 Å². The Bertz CT molecular complexity index is 1760. The molecule has 57 heavy (non-hydrogen) atoms. The Balaban J connectivity index is 0.000000201. The first kappa shape index (κ1) is 44.8. The predicted molar refractivity (Wildman–Crippen MR) is 252 cm³/mol. The number of rotatable bonds is 12. The molecular formula is C51H49ClNP3Ru+. The Hall–Kier alpha value is -3.30. The molecule has 5 radical (unpaired) electrons. The van der Waals surface area contributed by atoms with E-state index in [1.807, 2.05) is 49.4 Å². The topological polar surface area (TPSA) is 3.24 Å². The van der Waals surface area contributed by atoms with Gasteiger partial charge in [0, 0.05) is 22.7 Å². The van der Waals surface area contributed by atoms with Crippen LogP contribution in [0.15, 0.2) is 212 Å². The van der Waals surface area contributed by atoms with E-state index in [0.717, 1.165) is 6.54 Å². The number of hydrogen-bond donors (Lipinski definition) is 0. The number of unbranched alkanes of at least 4 members (excludes halogenated alkanes) is 1. The van der Waals surface area contributed by atoms with E-state index in [0.29, 0.717) is 0 Å². The third-order valence-electron chi connectivity index (χ3n) is 8.78. The first-order valence-electron chi connectivity index (χ1n) is 19.2. The molecule has 0 atom stereocenters. The molecule has 1 nitrogen and oxygen atoms in total. The molecule has 7 aromatic carbocycles. The van der Waals surface area contributed by atoms with E-state index in [9.17, 15) is 0 Å². The van der Waals surface area contributed by atoms with Crippen molar-refractivity contribution in [3.63, 3.8) is 0 Å². The van der Waals surface area contributed by atoms with Crippen molar-refractivity contribution < 1.29 is 17.3 Å². The maximum absolute atomic E-state index is 4.57. The second-order valence-electron chi connectivity index (χ2n) is 12.7. The maximum atomic E-state index is 4.57. The Labute approximate surface area is 361 Å². The van der Waals surface area contributed by atoms with Gasteiger partial charge in [-0.25, -0.2) is 4.44 Å². The number of nitrogens with zero attached hydrogens (tertiary/aromatic N) is 1. The fourth-order valence-electron chi connectivity index (χ4n) is 6.20. The van der Waals surface area contributed by atoms with E-state index in [1.54, 1.807) is 0 Å². The molecule has 0 saturated heterocycles. The van der Waals surface area contributed by atoms with E-state index in [2.05, 4.69) is 233 Å². The van der Waals surface area contributed by atoms with Gasteiger partial charge in [-0.2, -0.15) is 0 Å². The summed E-state index contributed by atoms with van der Waals surface area (Å²) in [6.45, 7) is 3.38. The smallest absolute Gasteiger partial charge is 0.0134 e. The van der Waals surface area contributed by atoms with E-state index < -0.39 is 24.1 Å². The summed E-state index contributed by atoms with van der Waals surface area (Å²) in [5.41, 5.74) is 0. The number of benzene rings is 7. The summed E-state index contributed by atoms with van der Waals surface area (Å²) in [4.78, 5) is 0. The van der Waals surface area contributed by atoms with Crippen LogP contribution in [0.4, 0.5) is 0 Å². The zero-order chi connectivity index (χ0) is 39.8. The monoisotopic (exact) mass is 905 g/mol. The van der Waals surface area contributed by atoms with E-state index in [4.69, 9.17) is 0 Å². The molecule has 6 heteroatoms. The average Bonchev–Trinajstić information content (AvgIpc) is 3.90. The van der Waals surface area contributed by atoms with Gasteiger partial charge in [0.15, 0.2) is 0 Å². The molecule has 0 N–H and O–H groups in total. The van der Waals surface area contributed by atoms with Crippen LogP contribution in [-0.2, 0) is 17.3 Å². The first-order valence-corrected chi connectivity index (χ1v) is 25.3. The molecule has 0 unspecified atom stereocenters. The molecule has 0 spiro atoms. The van der Waals surface area contributed by atoms with Crippen LogP contribution >= 0.6 is 33.8 Å². The van der Waals surface area contributed by atoms with Crippen LogP contribution in [0.25, 0.3) is 0 Å². The predicted octanol–water partition coefficient (Wildman–Crippen LogP) is 11.3. The van der Waals surface area contributed by atoms with Crippen LogP contribution in [0.2, 0.25) is 0 Å². The second-order valence-corrected chi connectivity index (χ2v) is 19.5. The Morgan fingerprint density at radius 2 is 0.561 bits per heavy atom. The zero-order valence-electron chi connectivity index (χ0n) is 32.2. The van der Waals surface area contributed by atoms with Gasteiger partial charge in [0.2, 0.25) is 0 Å². The molecule has 0 heterocycles. The van der Waals surface area contributed by atoms with Crippen molar-refractivity contribution in [1.82, 2.24) is 4.44 Å². The molecule has 1 saturated carbocycles. The van der Waals surface area contributed by atoms with E-state index in [-0.39, 0.29) is 0 Å². The summed E-state index contributed by atoms with van der Waals surface area (Å²) < 4.78 is 2.82. The minimum Gasteiger partial charge on any atom is -0.0622 e. The van der Waals surface area contributed by atoms with Gasteiger partial charge in [0.25, 0.3) is 0 Å². The maximum Gasteiger partial charge on any atom is -0.0134 e. The van der Waals surface area contributed by atoms with Crippen molar-refractivity contribution in [2.45, 2.75) is 19.8 Å². The molecule has 8 rings (SSSR count). The fourth-order valence-corrected chi connectivity index (χ4v) is 14.6. The fraction of sp³-hybridized carbons (Fsp3) is 0.0784. The van der Waals surface area contributed by atoms with Crippen LogP contribution in [0, 0.1) is 32.1 Å². The van der Waals surface area contributed by atoms with Crippen LogP contribution in [0.1, 0.15) is 19.8 Å². The standard InChI is InChI=1S/C28H29NP2.C18H15P.C5H5.ClH.Ru/c1-2-3-24-29(30(25-16-8-4-9-17-25)26-18-10-5-11-19-26)31(27-20-12-6-13-21-27)28-22-14-7-15-23-28;1-4-10-16(11-5-1)19(17-12-6-2-7-13-17)18-14-8-3-9-15-18;1-2-4-5-3-1;;/h4-23H,2-3,24H2,1H3;1-15H;1-5H;1H;/q;;;;+2/p-1. The molecule has 1 aliphatic carbocycles. The quantitative estimate of drug-likeness (QED) is 0.0872. The van der Waals surface area contributed by atoms with Gasteiger partial charge in [-0.05, 0) is 83.6 Å². The third kappa shape index (κ3) is 14.2. The van der Waals surface area contributed by atoms with Gasteiger partial charge in [-0.15, -0.1) is 0 Å². The molecule has 0 aromatic heterocycles. The van der Waals surface area contributed by atoms with Crippen molar-refractivity contribution in [2.75, 3.05) is 6.54 Å². The van der Waals surface area contributed by atoms with Gasteiger partial charge < -0.3 is 0 Å². The molecule has 0 bridgehead atoms. The first-order chi connectivity index (χ1) is 28.3. The summed E-state index contributed by atoms with van der Waals surface area (Å²) in [6.07, 6.45) is 12.4. The molecule has 7 aromatic rings. The summed E-state index contributed by atoms with van der Waals surface area (Å²) in [6, 6.07) is 76.7. The van der Waals surface area contributed by atoms with Gasteiger partial charge in [-0.3, -0.25) is 0 Å². The van der Waals surface area contributed by atoms with Gasteiger partial charge in [0.1, 0.15) is 0 Å². The molecule has 0 aliphatic heterocycles. The average molecular weight is 905 g/mol. The van der Waals surface area contributed by atoms with Crippen molar-refractivity contribution >= 4 is 70.9 Å². The molecule has 1 fully saturated rings. The molecule has 287 valence electrons. The number of hydrogen-bond acceptors (Lipinski definition) is 1.